The smallest absolute Gasteiger partial charge is 0.255 e. The Balaban J connectivity index is 1.88. The van der Waals surface area contributed by atoms with Crippen LogP contribution in [-0.4, -0.2) is 12.5 Å². The van der Waals surface area contributed by atoms with Crippen molar-refractivity contribution in [2.75, 3.05) is 6.54 Å². The second kappa shape index (κ2) is 6.57. The van der Waals surface area contributed by atoms with Crippen molar-refractivity contribution in [3.63, 3.8) is 0 Å². The van der Waals surface area contributed by atoms with Gasteiger partial charge in [0.05, 0.1) is 5.56 Å². The minimum absolute atomic E-state index is 0.121. The van der Waals surface area contributed by atoms with Gasteiger partial charge in [-0.25, -0.2) is 0 Å². The first-order valence-corrected chi connectivity index (χ1v) is 7.67. The third-order valence-corrected chi connectivity index (χ3v) is 3.65. The largest absolute Gasteiger partial charge is 0.489 e. The molecule has 0 unspecified atom stereocenters. The summed E-state index contributed by atoms with van der Waals surface area (Å²) in [7, 11) is 0. The minimum Gasteiger partial charge on any atom is -0.489 e. The first-order valence-electron chi connectivity index (χ1n) is 7.67. The Bertz CT molecular complexity index is 821. The number of ether oxygens (including phenoxy) is 1. The molecule has 0 spiro atoms. The molecule has 4 nitrogen and oxygen atoms in total. The molecule has 0 aliphatic rings. The van der Waals surface area contributed by atoms with E-state index in [2.05, 4.69) is 5.32 Å². The molecule has 4 heteroatoms. The summed E-state index contributed by atoms with van der Waals surface area (Å²) in [6.07, 6.45) is 0. The molecule has 1 aromatic heterocycles. The molecule has 1 amide bonds. The highest BCUT2D eigenvalue weighted by atomic mass is 16.5. The summed E-state index contributed by atoms with van der Waals surface area (Å²) in [6, 6.07) is 15.5. The maximum Gasteiger partial charge on any atom is 0.255 e. The first kappa shape index (κ1) is 15.2. The number of benzene rings is 2. The number of carbonyl (C=O) groups is 1. The van der Waals surface area contributed by atoms with E-state index in [1.54, 1.807) is 6.92 Å². The SMILES string of the molecule is CCNC(=O)c1c(C)oc2ccc(OCc3ccccc3)cc12. The molecular weight excluding hydrogens is 290 g/mol. The fraction of sp³-hybridized carbons (Fsp3) is 0.211. The summed E-state index contributed by atoms with van der Waals surface area (Å²) >= 11 is 0. The number of hydrogen-bond donors (Lipinski definition) is 1. The predicted octanol–water partition coefficient (Wildman–Crippen LogP) is 4.07. The van der Waals surface area contributed by atoms with Gasteiger partial charge < -0.3 is 14.5 Å². The molecule has 0 atom stereocenters. The fourth-order valence-electron chi connectivity index (χ4n) is 2.56. The standard InChI is InChI=1S/C19H19NO3/c1-3-20-19(21)18-13(2)23-17-10-9-15(11-16(17)18)22-12-14-7-5-4-6-8-14/h4-11H,3,12H2,1-2H3,(H,20,21). The van der Waals surface area contributed by atoms with Gasteiger partial charge in [0.25, 0.3) is 5.91 Å². The van der Waals surface area contributed by atoms with Crippen molar-refractivity contribution in [2.24, 2.45) is 0 Å². The molecule has 118 valence electrons. The van der Waals surface area contributed by atoms with Crippen LogP contribution in [0.3, 0.4) is 0 Å². The van der Waals surface area contributed by atoms with Crippen LogP contribution in [0, 0.1) is 6.92 Å². The van der Waals surface area contributed by atoms with Gasteiger partial charge in [0.15, 0.2) is 0 Å². The van der Waals surface area contributed by atoms with E-state index in [1.807, 2.05) is 55.5 Å². The lowest BCUT2D eigenvalue weighted by molar-refractivity contribution is 0.0956. The highest BCUT2D eigenvalue weighted by Crippen LogP contribution is 2.29. The molecule has 1 N–H and O–H groups in total. The van der Waals surface area contributed by atoms with Crippen molar-refractivity contribution in [1.82, 2.24) is 5.32 Å². The zero-order valence-electron chi connectivity index (χ0n) is 13.3. The number of aryl methyl sites for hydroxylation is 1. The summed E-state index contributed by atoms with van der Waals surface area (Å²) < 4.78 is 11.5. The molecule has 0 aliphatic heterocycles. The topological polar surface area (TPSA) is 51.5 Å². The lowest BCUT2D eigenvalue weighted by Crippen LogP contribution is -2.23. The van der Waals surface area contributed by atoms with Gasteiger partial charge in [0.2, 0.25) is 0 Å². The first-order chi connectivity index (χ1) is 11.2. The maximum atomic E-state index is 12.2. The molecule has 0 bridgehead atoms. The van der Waals surface area contributed by atoms with Crippen molar-refractivity contribution in [3.05, 3.63) is 65.4 Å². The minimum atomic E-state index is -0.121. The van der Waals surface area contributed by atoms with Gasteiger partial charge in [0.1, 0.15) is 23.7 Å². The van der Waals surface area contributed by atoms with Crippen LogP contribution < -0.4 is 10.1 Å². The van der Waals surface area contributed by atoms with E-state index in [-0.39, 0.29) is 5.91 Å². The van der Waals surface area contributed by atoms with Crippen LogP contribution >= 0.6 is 0 Å². The van der Waals surface area contributed by atoms with Gasteiger partial charge in [-0.3, -0.25) is 4.79 Å². The Labute approximate surface area is 135 Å². The Hall–Kier alpha value is -2.75. The molecule has 0 saturated heterocycles. The summed E-state index contributed by atoms with van der Waals surface area (Å²) in [5, 5.41) is 3.60. The Morgan fingerprint density at radius 2 is 1.96 bits per heavy atom. The van der Waals surface area contributed by atoms with Crippen LogP contribution in [0.1, 0.15) is 28.6 Å². The van der Waals surface area contributed by atoms with Crippen molar-refractivity contribution < 1.29 is 13.9 Å². The van der Waals surface area contributed by atoms with Gasteiger partial charge in [-0.15, -0.1) is 0 Å². The second-order valence-electron chi connectivity index (χ2n) is 5.32. The third kappa shape index (κ3) is 3.21. The van der Waals surface area contributed by atoms with Gasteiger partial charge in [-0.1, -0.05) is 30.3 Å². The van der Waals surface area contributed by atoms with Crippen molar-refractivity contribution in [3.8, 4) is 5.75 Å². The summed E-state index contributed by atoms with van der Waals surface area (Å²) in [5.41, 5.74) is 2.36. The molecule has 3 aromatic rings. The number of rotatable bonds is 5. The van der Waals surface area contributed by atoms with Crippen LogP contribution in [0.15, 0.2) is 52.9 Å². The van der Waals surface area contributed by atoms with E-state index in [9.17, 15) is 4.79 Å². The van der Waals surface area contributed by atoms with Crippen molar-refractivity contribution >= 4 is 16.9 Å². The normalized spacial score (nSPS) is 10.7. The van der Waals surface area contributed by atoms with Crippen molar-refractivity contribution in [2.45, 2.75) is 20.5 Å². The van der Waals surface area contributed by atoms with Gasteiger partial charge in [-0.2, -0.15) is 0 Å². The number of fused-ring (bicyclic) bond motifs is 1. The average molecular weight is 309 g/mol. The van der Waals surface area contributed by atoms with E-state index >= 15 is 0 Å². The molecule has 23 heavy (non-hydrogen) atoms. The molecule has 0 saturated carbocycles. The highest BCUT2D eigenvalue weighted by Gasteiger charge is 2.18. The second-order valence-corrected chi connectivity index (χ2v) is 5.32. The summed E-state index contributed by atoms with van der Waals surface area (Å²) in [6.45, 7) is 4.76. The number of amides is 1. The maximum absolute atomic E-state index is 12.2. The zero-order valence-corrected chi connectivity index (χ0v) is 13.3. The van der Waals surface area contributed by atoms with Crippen LogP contribution in [0.2, 0.25) is 0 Å². The van der Waals surface area contributed by atoms with E-state index < -0.39 is 0 Å². The third-order valence-electron chi connectivity index (χ3n) is 3.65. The van der Waals surface area contributed by atoms with E-state index in [1.165, 1.54) is 0 Å². The Morgan fingerprint density at radius 1 is 1.17 bits per heavy atom. The van der Waals surface area contributed by atoms with E-state index in [4.69, 9.17) is 9.15 Å². The lowest BCUT2D eigenvalue weighted by atomic mass is 10.1. The van der Waals surface area contributed by atoms with E-state index in [0.717, 1.165) is 10.9 Å². The molecule has 0 radical (unpaired) electrons. The molecular formula is C19H19NO3. The predicted molar refractivity (Wildman–Crippen MR) is 89.7 cm³/mol. The van der Waals surface area contributed by atoms with Crippen LogP contribution in [-0.2, 0) is 6.61 Å². The van der Waals surface area contributed by atoms with Gasteiger partial charge in [-0.05, 0) is 37.6 Å². The average Bonchev–Trinajstić information content (AvgIpc) is 2.89. The molecule has 0 fully saturated rings. The molecule has 2 aromatic carbocycles. The number of hydrogen-bond acceptors (Lipinski definition) is 3. The van der Waals surface area contributed by atoms with Crippen LogP contribution in [0.5, 0.6) is 5.75 Å². The van der Waals surface area contributed by atoms with Crippen molar-refractivity contribution in [1.29, 1.82) is 0 Å². The summed E-state index contributed by atoms with van der Waals surface area (Å²) in [4.78, 5) is 12.2. The quantitative estimate of drug-likeness (QED) is 0.773. The number of nitrogens with one attached hydrogen (secondary N) is 1. The molecule has 1 heterocycles. The molecule has 3 rings (SSSR count). The highest BCUT2D eigenvalue weighted by molar-refractivity contribution is 6.07. The Morgan fingerprint density at radius 3 is 2.70 bits per heavy atom. The van der Waals surface area contributed by atoms with Crippen LogP contribution in [0.25, 0.3) is 11.0 Å². The van der Waals surface area contributed by atoms with E-state index in [0.29, 0.717) is 35.8 Å². The van der Waals surface area contributed by atoms with Gasteiger partial charge in [0, 0.05) is 11.9 Å². The fourth-order valence-corrected chi connectivity index (χ4v) is 2.56. The monoisotopic (exact) mass is 309 g/mol. The van der Waals surface area contributed by atoms with Gasteiger partial charge >= 0.3 is 0 Å². The summed E-state index contributed by atoms with van der Waals surface area (Å²) in [5.74, 6) is 1.21. The molecule has 0 aliphatic carbocycles. The number of furan rings is 1. The lowest BCUT2D eigenvalue weighted by Gasteiger charge is -2.06. The zero-order chi connectivity index (χ0) is 16.2. The number of carbonyl (C=O) groups excluding carboxylic acids is 1. The Kier molecular flexibility index (Phi) is 4.33. The van der Waals surface area contributed by atoms with Crippen LogP contribution in [0.4, 0.5) is 0 Å².